The van der Waals surface area contributed by atoms with Crippen molar-refractivity contribution in [1.82, 2.24) is 0 Å². The summed E-state index contributed by atoms with van der Waals surface area (Å²) in [5.74, 6) is -1.86. The molecule has 1 aromatic carbocycles. The number of benzene rings is 1. The van der Waals surface area contributed by atoms with Crippen LogP contribution in [0.25, 0.3) is 6.08 Å². The summed E-state index contributed by atoms with van der Waals surface area (Å²) < 4.78 is 22.6. The van der Waals surface area contributed by atoms with Crippen LogP contribution in [0, 0.1) is 5.82 Å². The van der Waals surface area contributed by atoms with E-state index in [1.54, 1.807) is 6.07 Å². The molecule has 0 saturated heterocycles. The van der Waals surface area contributed by atoms with E-state index in [1.807, 2.05) is 0 Å². The SMILES string of the molecule is COCOC(=O)C(=Cc1ccccc1F)C(C)=O. The Balaban J connectivity index is 3.02. The maximum absolute atomic E-state index is 13.4. The molecule has 0 aliphatic carbocycles. The monoisotopic (exact) mass is 252 g/mol. The molecule has 5 heteroatoms. The van der Waals surface area contributed by atoms with Crippen molar-refractivity contribution < 1.29 is 23.5 Å². The summed E-state index contributed by atoms with van der Waals surface area (Å²) in [6, 6.07) is 5.82. The predicted octanol–water partition coefficient (Wildman–Crippen LogP) is 1.95. The van der Waals surface area contributed by atoms with Gasteiger partial charge in [-0.2, -0.15) is 0 Å². The average molecular weight is 252 g/mol. The Bertz CT molecular complexity index is 480. The molecule has 0 unspecified atom stereocenters. The lowest BCUT2D eigenvalue weighted by Gasteiger charge is -2.05. The smallest absolute Gasteiger partial charge is 0.343 e. The van der Waals surface area contributed by atoms with Gasteiger partial charge >= 0.3 is 5.97 Å². The van der Waals surface area contributed by atoms with E-state index in [2.05, 4.69) is 9.47 Å². The maximum Gasteiger partial charge on any atom is 0.343 e. The highest BCUT2D eigenvalue weighted by molar-refractivity contribution is 6.19. The molecule has 0 bridgehead atoms. The fraction of sp³-hybridized carbons (Fsp3) is 0.231. The molecule has 1 aromatic rings. The molecule has 4 nitrogen and oxygen atoms in total. The summed E-state index contributed by atoms with van der Waals surface area (Å²) in [5, 5.41) is 0. The first-order valence-electron chi connectivity index (χ1n) is 5.19. The molecule has 0 aliphatic heterocycles. The van der Waals surface area contributed by atoms with Gasteiger partial charge in [0.25, 0.3) is 0 Å². The zero-order valence-electron chi connectivity index (χ0n) is 10.1. The Hall–Kier alpha value is -2.01. The first-order valence-corrected chi connectivity index (χ1v) is 5.19. The fourth-order valence-corrected chi connectivity index (χ4v) is 1.24. The molecule has 0 atom stereocenters. The average Bonchev–Trinajstić information content (AvgIpc) is 2.34. The zero-order valence-corrected chi connectivity index (χ0v) is 10.1. The van der Waals surface area contributed by atoms with E-state index < -0.39 is 17.6 Å². The molecule has 0 fully saturated rings. The molecular formula is C13H13FO4. The molecule has 0 saturated carbocycles. The maximum atomic E-state index is 13.4. The number of Topliss-reactive ketones (excluding diaryl/α,β-unsaturated/α-hetero) is 1. The summed E-state index contributed by atoms with van der Waals surface area (Å²) in [5.41, 5.74) is -0.0748. The van der Waals surface area contributed by atoms with E-state index in [0.29, 0.717) is 0 Å². The van der Waals surface area contributed by atoms with Gasteiger partial charge in [-0.05, 0) is 19.1 Å². The first-order chi connectivity index (χ1) is 8.56. The van der Waals surface area contributed by atoms with Crippen molar-refractivity contribution in [2.45, 2.75) is 6.92 Å². The van der Waals surface area contributed by atoms with Crippen molar-refractivity contribution in [2.24, 2.45) is 0 Å². The Morgan fingerprint density at radius 3 is 2.56 bits per heavy atom. The summed E-state index contributed by atoms with van der Waals surface area (Å²) >= 11 is 0. The molecule has 0 amide bonds. The van der Waals surface area contributed by atoms with Crippen molar-refractivity contribution >= 4 is 17.8 Å². The molecule has 18 heavy (non-hydrogen) atoms. The summed E-state index contributed by atoms with van der Waals surface area (Å²) in [6.07, 6.45) is 1.16. The van der Waals surface area contributed by atoms with Crippen LogP contribution < -0.4 is 0 Å². The Morgan fingerprint density at radius 1 is 1.33 bits per heavy atom. The third-order valence-electron chi connectivity index (χ3n) is 2.11. The van der Waals surface area contributed by atoms with Crippen LogP contribution in [0.15, 0.2) is 29.8 Å². The van der Waals surface area contributed by atoms with Gasteiger partial charge in [0.05, 0.1) is 0 Å². The molecule has 1 rings (SSSR count). The van der Waals surface area contributed by atoms with E-state index in [0.717, 1.165) is 6.08 Å². The highest BCUT2D eigenvalue weighted by Gasteiger charge is 2.16. The Morgan fingerprint density at radius 2 is 2.00 bits per heavy atom. The van der Waals surface area contributed by atoms with Crippen LogP contribution in [0.2, 0.25) is 0 Å². The second kappa shape index (κ2) is 6.66. The van der Waals surface area contributed by atoms with Crippen LogP contribution in [0.5, 0.6) is 0 Å². The number of carbonyl (C=O) groups excluding carboxylic acids is 2. The van der Waals surface area contributed by atoms with Gasteiger partial charge in [0.15, 0.2) is 12.6 Å². The minimum absolute atomic E-state index is 0.150. The van der Waals surface area contributed by atoms with Gasteiger partial charge < -0.3 is 9.47 Å². The summed E-state index contributed by atoms with van der Waals surface area (Å²) in [4.78, 5) is 22.9. The van der Waals surface area contributed by atoms with Gasteiger partial charge in [-0.1, -0.05) is 18.2 Å². The fourth-order valence-electron chi connectivity index (χ4n) is 1.24. The van der Waals surface area contributed by atoms with Crippen LogP contribution in [-0.4, -0.2) is 25.7 Å². The van der Waals surface area contributed by atoms with Crippen LogP contribution in [0.4, 0.5) is 4.39 Å². The molecular weight excluding hydrogens is 239 g/mol. The minimum Gasteiger partial charge on any atom is -0.435 e. The molecule has 0 aliphatic rings. The van der Waals surface area contributed by atoms with Crippen molar-refractivity contribution in [1.29, 1.82) is 0 Å². The van der Waals surface area contributed by atoms with Crippen LogP contribution >= 0.6 is 0 Å². The number of ether oxygens (including phenoxy) is 2. The van der Waals surface area contributed by atoms with E-state index in [-0.39, 0.29) is 17.9 Å². The van der Waals surface area contributed by atoms with Gasteiger partial charge in [-0.15, -0.1) is 0 Å². The lowest BCUT2D eigenvalue weighted by Crippen LogP contribution is -2.15. The van der Waals surface area contributed by atoms with Crippen molar-refractivity contribution in [3.63, 3.8) is 0 Å². The molecule has 96 valence electrons. The van der Waals surface area contributed by atoms with E-state index in [1.165, 1.54) is 32.2 Å². The summed E-state index contributed by atoms with van der Waals surface area (Å²) in [7, 11) is 1.35. The van der Waals surface area contributed by atoms with E-state index >= 15 is 0 Å². The highest BCUT2D eigenvalue weighted by Crippen LogP contribution is 2.13. The van der Waals surface area contributed by atoms with Crippen LogP contribution in [0.1, 0.15) is 12.5 Å². The van der Waals surface area contributed by atoms with Crippen LogP contribution in [-0.2, 0) is 19.1 Å². The minimum atomic E-state index is -0.840. The number of esters is 1. The van der Waals surface area contributed by atoms with E-state index in [9.17, 15) is 14.0 Å². The highest BCUT2D eigenvalue weighted by atomic mass is 19.1. The lowest BCUT2D eigenvalue weighted by molar-refractivity contribution is -0.149. The number of methoxy groups -OCH3 is 1. The standard InChI is InChI=1S/C13H13FO4/c1-9(15)11(13(16)18-8-17-2)7-10-5-3-4-6-12(10)14/h3-7H,8H2,1-2H3. The normalized spacial score (nSPS) is 11.2. The topological polar surface area (TPSA) is 52.6 Å². The van der Waals surface area contributed by atoms with Crippen molar-refractivity contribution in [3.05, 3.63) is 41.2 Å². The number of rotatable bonds is 5. The van der Waals surface area contributed by atoms with Crippen LogP contribution in [0.3, 0.4) is 0 Å². The third-order valence-corrected chi connectivity index (χ3v) is 2.11. The molecule has 0 N–H and O–H groups in total. The summed E-state index contributed by atoms with van der Waals surface area (Å²) in [6.45, 7) is 0.946. The zero-order chi connectivity index (χ0) is 13.5. The lowest BCUT2D eigenvalue weighted by atomic mass is 10.1. The molecule has 0 spiro atoms. The van der Waals surface area contributed by atoms with E-state index in [4.69, 9.17) is 0 Å². The largest absolute Gasteiger partial charge is 0.435 e. The second-order valence-corrected chi connectivity index (χ2v) is 3.47. The molecule has 0 radical (unpaired) electrons. The number of hydrogen-bond acceptors (Lipinski definition) is 4. The number of ketones is 1. The predicted molar refractivity (Wildman–Crippen MR) is 63.0 cm³/mol. The molecule has 0 heterocycles. The second-order valence-electron chi connectivity index (χ2n) is 3.47. The molecule has 0 aromatic heterocycles. The quantitative estimate of drug-likeness (QED) is 0.264. The Labute approximate surface area is 104 Å². The van der Waals surface area contributed by atoms with Gasteiger partial charge in [0.1, 0.15) is 11.4 Å². The van der Waals surface area contributed by atoms with Gasteiger partial charge in [0, 0.05) is 12.7 Å². The Kier molecular flexibility index (Phi) is 5.20. The van der Waals surface area contributed by atoms with Gasteiger partial charge in [-0.3, -0.25) is 4.79 Å². The number of hydrogen-bond donors (Lipinski definition) is 0. The third kappa shape index (κ3) is 3.78. The van der Waals surface area contributed by atoms with Gasteiger partial charge in [-0.25, -0.2) is 9.18 Å². The first kappa shape index (κ1) is 14.1. The van der Waals surface area contributed by atoms with Crippen molar-refractivity contribution in [3.8, 4) is 0 Å². The van der Waals surface area contributed by atoms with Crippen molar-refractivity contribution in [2.75, 3.05) is 13.9 Å². The van der Waals surface area contributed by atoms with Gasteiger partial charge in [0.2, 0.25) is 0 Å². The number of carbonyl (C=O) groups is 2. The number of halogens is 1.